The molecule has 0 aliphatic carbocycles. The Labute approximate surface area is 188 Å². The van der Waals surface area contributed by atoms with E-state index in [0.717, 1.165) is 17.5 Å². The number of aromatic nitrogens is 2. The van der Waals surface area contributed by atoms with E-state index in [1.54, 1.807) is 11.1 Å². The Bertz CT molecular complexity index is 1030. The summed E-state index contributed by atoms with van der Waals surface area (Å²) in [7, 11) is 0. The molecule has 3 aromatic rings. The van der Waals surface area contributed by atoms with E-state index in [0.29, 0.717) is 19.6 Å². The highest BCUT2D eigenvalue weighted by molar-refractivity contribution is 5.95. The molecule has 0 spiro atoms. The van der Waals surface area contributed by atoms with Crippen molar-refractivity contribution in [2.45, 2.75) is 18.4 Å². The molecule has 1 saturated heterocycles. The van der Waals surface area contributed by atoms with Crippen LogP contribution in [0.2, 0.25) is 0 Å². The highest BCUT2D eigenvalue weighted by Gasteiger charge is 2.30. The van der Waals surface area contributed by atoms with Crippen molar-refractivity contribution in [3.63, 3.8) is 0 Å². The van der Waals surface area contributed by atoms with Gasteiger partial charge in [-0.2, -0.15) is 5.10 Å². The van der Waals surface area contributed by atoms with E-state index in [9.17, 15) is 9.59 Å². The van der Waals surface area contributed by atoms with Gasteiger partial charge in [0, 0.05) is 37.9 Å². The Hall–Kier alpha value is -3.85. The highest BCUT2D eigenvalue weighted by Crippen LogP contribution is 2.26. The maximum absolute atomic E-state index is 13.1. The summed E-state index contributed by atoms with van der Waals surface area (Å²) in [5.74, 6) is 1.55. The topological polar surface area (TPSA) is 58.4 Å². The third-order valence-corrected chi connectivity index (χ3v) is 5.96. The quantitative estimate of drug-likeness (QED) is 0.546. The number of nitrogens with zero attached hydrogens (tertiary/aromatic N) is 4. The van der Waals surface area contributed by atoms with Gasteiger partial charge < -0.3 is 9.80 Å². The number of carbonyl (C=O) groups excluding carboxylic acids is 2. The molecule has 6 heteroatoms. The second-order valence-electron chi connectivity index (χ2n) is 7.97. The Morgan fingerprint density at radius 3 is 2.28 bits per heavy atom. The molecule has 0 N–H and O–H groups in total. The zero-order valence-corrected chi connectivity index (χ0v) is 17.9. The second-order valence-corrected chi connectivity index (χ2v) is 7.97. The predicted molar refractivity (Wildman–Crippen MR) is 123 cm³/mol. The molecule has 1 atom stereocenters. The first-order valence-corrected chi connectivity index (χ1v) is 10.8. The lowest BCUT2D eigenvalue weighted by molar-refractivity contribution is -0.137. The maximum atomic E-state index is 13.1. The Morgan fingerprint density at radius 2 is 1.72 bits per heavy atom. The van der Waals surface area contributed by atoms with Crippen molar-refractivity contribution in [1.29, 1.82) is 0 Å². The van der Waals surface area contributed by atoms with Crippen molar-refractivity contribution in [3.05, 3.63) is 90.3 Å². The lowest BCUT2D eigenvalue weighted by Crippen LogP contribution is -2.43. The molecule has 1 aliphatic heterocycles. The number of hydrogen-bond donors (Lipinski definition) is 0. The van der Waals surface area contributed by atoms with Gasteiger partial charge in [-0.25, -0.2) is 0 Å². The minimum Gasteiger partial charge on any atom is -0.339 e. The predicted octanol–water partition coefficient (Wildman–Crippen LogP) is 2.95. The third kappa shape index (κ3) is 4.89. The van der Waals surface area contributed by atoms with Gasteiger partial charge in [0.05, 0.1) is 6.04 Å². The molecule has 0 radical (unpaired) electrons. The van der Waals surface area contributed by atoms with Crippen molar-refractivity contribution in [2.75, 3.05) is 26.2 Å². The normalized spacial score (nSPS) is 15.5. The molecule has 162 valence electrons. The summed E-state index contributed by atoms with van der Waals surface area (Å²) in [6.07, 6.45) is 9.96. The molecule has 2 aromatic carbocycles. The smallest absolute Gasteiger partial charge is 0.298 e. The van der Waals surface area contributed by atoms with Gasteiger partial charge in [-0.05, 0) is 29.5 Å². The molecule has 1 aliphatic rings. The zero-order valence-electron chi connectivity index (χ0n) is 17.9. The minimum atomic E-state index is -0.474. The summed E-state index contributed by atoms with van der Waals surface area (Å²) >= 11 is 0. The minimum absolute atomic E-state index is 0.0367. The fourth-order valence-corrected chi connectivity index (χ4v) is 4.25. The SMILES string of the molecule is C#CC(=O)N(CC(=O)N1CCC(n2cccn2)C1)CC(c1ccccc1)c1ccccc1. The lowest BCUT2D eigenvalue weighted by Gasteiger charge is -2.28. The first-order valence-electron chi connectivity index (χ1n) is 10.8. The molecule has 32 heavy (non-hydrogen) atoms. The van der Waals surface area contributed by atoms with Crippen LogP contribution < -0.4 is 0 Å². The van der Waals surface area contributed by atoms with Gasteiger partial charge in [0.1, 0.15) is 6.54 Å². The fraction of sp³-hybridized carbons (Fsp3) is 0.269. The molecule has 2 amide bonds. The van der Waals surface area contributed by atoms with Crippen molar-refractivity contribution >= 4 is 11.8 Å². The van der Waals surface area contributed by atoms with E-state index < -0.39 is 5.91 Å². The Morgan fingerprint density at radius 1 is 1.06 bits per heavy atom. The fourth-order valence-electron chi connectivity index (χ4n) is 4.25. The highest BCUT2D eigenvalue weighted by atomic mass is 16.2. The summed E-state index contributed by atoms with van der Waals surface area (Å²) < 4.78 is 1.89. The van der Waals surface area contributed by atoms with Crippen LogP contribution in [0.25, 0.3) is 0 Å². The van der Waals surface area contributed by atoms with Crippen LogP contribution in [0.5, 0.6) is 0 Å². The molecule has 1 unspecified atom stereocenters. The molecular weight excluding hydrogens is 400 g/mol. The summed E-state index contributed by atoms with van der Waals surface area (Å²) in [6, 6.07) is 22.0. The van der Waals surface area contributed by atoms with Crippen LogP contribution in [0, 0.1) is 12.3 Å². The number of likely N-dealkylation sites (tertiary alicyclic amines) is 1. The number of benzene rings is 2. The van der Waals surface area contributed by atoms with Gasteiger partial charge in [-0.1, -0.05) is 60.7 Å². The standard InChI is InChI=1S/C26H26N4O2/c1-2-25(31)29(20-26(32)28-17-14-23(18-28)30-16-9-15-27-30)19-24(21-10-5-3-6-11-21)22-12-7-4-8-13-22/h1,3-13,15-16,23-24H,14,17-20H2. The molecule has 4 rings (SSSR count). The first-order chi connectivity index (χ1) is 15.7. The van der Waals surface area contributed by atoms with Crippen LogP contribution in [0.3, 0.4) is 0 Å². The van der Waals surface area contributed by atoms with Crippen LogP contribution in [0.1, 0.15) is 29.5 Å². The number of terminal acetylenes is 1. The number of amides is 2. The van der Waals surface area contributed by atoms with E-state index in [-0.39, 0.29) is 24.4 Å². The summed E-state index contributed by atoms with van der Waals surface area (Å²) in [5.41, 5.74) is 2.14. The Balaban J connectivity index is 1.51. The summed E-state index contributed by atoms with van der Waals surface area (Å²) in [6.45, 7) is 1.52. The van der Waals surface area contributed by atoms with Crippen molar-refractivity contribution in [1.82, 2.24) is 19.6 Å². The van der Waals surface area contributed by atoms with Gasteiger partial charge in [0.2, 0.25) is 5.91 Å². The Kier molecular flexibility index (Phi) is 6.66. The van der Waals surface area contributed by atoms with Crippen molar-refractivity contribution in [2.24, 2.45) is 0 Å². The summed E-state index contributed by atoms with van der Waals surface area (Å²) in [4.78, 5) is 29.0. The lowest BCUT2D eigenvalue weighted by atomic mass is 9.90. The molecule has 1 fully saturated rings. The largest absolute Gasteiger partial charge is 0.339 e. The van der Waals surface area contributed by atoms with E-state index in [1.165, 1.54) is 4.90 Å². The third-order valence-electron chi connectivity index (χ3n) is 5.96. The monoisotopic (exact) mass is 426 g/mol. The van der Waals surface area contributed by atoms with E-state index in [2.05, 4.69) is 11.0 Å². The van der Waals surface area contributed by atoms with Gasteiger partial charge >= 0.3 is 0 Å². The summed E-state index contributed by atoms with van der Waals surface area (Å²) in [5, 5.41) is 4.29. The van der Waals surface area contributed by atoms with Crippen LogP contribution >= 0.6 is 0 Å². The second kappa shape index (κ2) is 9.97. The zero-order chi connectivity index (χ0) is 22.3. The van der Waals surface area contributed by atoms with Crippen LogP contribution in [0.15, 0.2) is 79.1 Å². The number of rotatable bonds is 7. The van der Waals surface area contributed by atoms with Crippen LogP contribution in [0.4, 0.5) is 0 Å². The van der Waals surface area contributed by atoms with Gasteiger partial charge in [0.25, 0.3) is 5.91 Å². The van der Waals surface area contributed by atoms with Gasteiger partial charge in [-0.15, -0.1) is 6.42 Å². The van der Waals surface area contributed by atoms with Crippen molar-refractivity contribution < 1.29 is 9.59 Å². The number of hydrogen-bond acceptors (Lipinski definition) is 3. The average molecular weight is 427 g/mol. The number of carbonyl (C=O) groups is 2. The molecule has 0 saturated carbocycles. The van der Waals surface area contributed by atoms with Crippen molar-refractivity contribution in [3.8, 4) is 12.3 Å². The van der Waals surface area contributed by atoms with Gasteiger partial charge in [0.15, 0.2) is 0 Å². The van der Waals surface area contributed by atoms with Gasteiger partial charge in [-0.3, -0.25) is 14.3 Å². The maximum Gasteiger partial charge on any atom is 0.298 e. The average Bonchev–Trinajstić information content (AvgIpc) is 3.54. The van der Waals surface area contributed by atoms with Crippen LogP contribution in [-0.4, -0.2) is 57.6 Å². The molecule has 2 heterocycles. The molecule has 1 aromatic heterocycles. The van der Waals surface area contributed by atoms with E-state index in [4.69, 9.17) is 6.42 Å². The molecular formula is C26H26N4O2. The van der Waals surface area contributed by atoms with E-state index in [1.807, 2.05) is 77.6 Å². The van der Waals surface area contributed by atoms with Crippen LogP contribution in [-0.2, 0) is 9.59 Å². The van der Waals surface area contributed by atoms with E-state index >= 15 is 0 Å². The first kappa shape index (κ1) is 21.4. The molecule has 0 bridgehead atoms. The molecule has 6 nitrogen and oxygen atoms in total.